The van der Waals surface area contributed by atoms with E-state index >= 15 is 0 Å². The fourth-order valence-corrected chi connectivity index (χ4v) is 4.46. The smallest absolute Gasteiger partial charge is 0.254 e. The average molecular weight is 424 g/mol. The van der Waals surface area contributed by atoms with Crippen molar-refractivity contribution in [3.63, 3.8) is 0 Å². The number of fused-ring (bicyclic) bond motifs is 1. The highest BCUT2D eigenvalue weighted by Crippen LogP contribution is 2.38. The standard InChI is InChI=1S/C19H16ClF2N3O2S/c1-27-15-5-3-12(20)17-16(15)23-19(28-17)25-8-6-24(7-9-25)18(26)11-2-4-13(21)14(22)10-11/h2-5,10H,6-9H2,1H3. The summed E-state index contributed by atoms with van der Waals surface area (Å²) in [7, 11) is 1.59. The third-order valence-electron chi connectivity index (χ3n) is 4.67. The van der Waals surface area contributed by atoms with Crippen LogP contribution < -0.4 is 9.64 Å². The molecule has 2 aromatic carbocycles. The number of thiazole rings is 1. The number of halogens is 3. The molecular formula is C19H16ClF2N3O2S. The number of carbonyl (C=O) groups excluding carboxylic acids is 1. The molecule has 1 fully saturated rings. The van der Waals surface area contributed by atoms with Crippen LogP contribution in [-0.4, -0.2) is 49.1 Å². The Bertz CT molecular complexity index is 1050. The Labute approximate surface area is 169 Å². The Morgan fingerprint density at radius 2 is 1.89 bits per heavy atom. The van der Waals surface area contributed by atoms with Crippen LogP contribution >= 0.6 is 22.9 Å². The summed E-state index contributed by atoms with van der Waals surface area (Å²) in [6.07, 6.45) is 0. The Morgan fingerprint density at radius 1 is 1.14 bits per heavy atom. The van der Waals surface area contributed by atoms with Crippen molar-refractivity contribution in [3.8, 4) is 5.75 Å². The molecule has 1 aliphatic heterocycles. The summed E-state index contributed by atoms with van der Waals surface area (Å²) in [4.78, 5) is 20.9. The van der Waals surface area contributed by atoms with Crippen LogP contribution in [0.5, 0.6) is 5.75 Å². The number of hydrogen-bond donors (Lipinski definition) is 0. The molecule has 5 nitrogen and oxygen atoms in total. The summed E-state index contributed by atoms with van der Waals surface area (Å²) in [5.74, 6) is -1.64. The third kappa shape index (κ3) is 3.38. The number of benzene rings is 2. The molecule has 0 bridgehead atoms. The quantitative estimate of drug-likeness (QED) is 0.633. The molecule has 28 heavy (non-hydrogen) atoms. The lowest BCUT2D eigenvalue weighted by Gasteiger charge is -2.34. The number of anilines is 1. The number of rotatable bonds is 3. The molecule has 1 saturated heterocycles. The first-order valence-electron chi connectivity index (χ1n) is 8.60. The lowest BCUT2D eigenvalue weighted by Crippen LogP contribution is -2.48. The SMILES string of the molecule is COc1ccc(Cl)c2sc(N3CCN(C(=O)c4ccc(F)c(F)c4)CC3)nc12. The van der Waals surface area contributed by atoms with E-state index in [-0.39, 0.29) is 11.5 Å². The molecule has 1 amide bonds. The minimum Gasteiger partial charge on any atom is -0.494 e. The van der Waals surface area contributed by atoms with Crippen molar-refractivity contribution in [2.24, 2.45) is 0 Å². The summed E-state index contributed by atoms with van der Waals surface area (Å²) >= 11 is 7.76. The van der Waals surface area contributed by atoms with Gasteiger partial charge in [-0.3, -0.25) is 4.79 Å². The van der Waals surface area contributed by atoms with Crippen molar-refractivity contribution >= 4 is 44.2 Å². The molecule has 2 heterocycles. The van der Waals surface area contributed by atoms with Gasteiger partial charge >= 0.3 is 0 Å². The second-order valence-corrected chi connectivity index (χ2v) is 7.72. The first-order valence-corrected chi connectivity index (χ1v) is 9.79. The van der Waals surface area contributed by atoms with Crippen molar-refractivity contribution in [2.45, 2.75) is 0 Å². The van der Waals surface area contributed by atoms with Gasteiger partial charge < -0.3 is 14.5 Å². The number of carbonyl (C=O) groups is 1. The fraction of sp³-hybridized carbons (Fsp3) is 0.263. The van der Waals surface area contributed by atoms with E-state index in [1.54, 1.807) is 24.1 Å². The molecule has 0 N–H and O–H groups in total. The Hall–Kier alpha value is -2.45. The van der Waals surface area contributed by atoms with Gasteiger partial charge in [-0.25, -0.2) is 13.8 Å². The number of methoxy groups -OCH3 is 1. The number of amides is 1. The number of ether oxygens (including phenoxy) is 1. The van der Waals surface area contributed by atoms with E-state index in [0.29, 0.717) is 37.0 Å². The molecular weight excluding hydrogens is 408 g/mol. The third-order valence-corrected chi connectivity index (χ3v) is 6.25. The Kier molecular flexibility index (Phi) is 5.07. The Balaban J connectivity index is 1.49. The number of aromatic nitrogens is 1. The predicted molar refractivity (Wildman–Crippen MR) is 106 cm³/mol. The molecule has 0 unspecified atom stereocenters. The maximum atomic E-state index is 13.4. The molecule has 1 aliphatic rings. The molecule has 4 rings (SSSR count). The zero-order valence-corrected chi connectivity index (χ0v) is 16.5. The van der Waals surface area contributed by atoms with Gasteiger partial charge in [0.15, 0.2) is 16.8 Å². The molecule has 3 aromatic rings. The van der Waals surface area contributed by atoms with Crippen molar-refractivity contribution in [3.05, 3.63) is 52.6 Å². The van der Waals surface area contributed by atoms with E-state index in [1.807, 2.05) is 0 Å². The summed E-state index contributed by atoms with van der Waals surface area (Å²) in [6, 6.07) is 6.77. The van der Waals surface area contributed by atoms with E-state index in [2.05, 4.69) is 9.88 Å². The first-order chi connectivity index (χ1) is 13.5. The van der Waals surface area contributed by atoms with E-state index in [0.717, 1.165) is 27.5 Å². The fourth-order valence-electron chi connectivity index (χ4n) is 3.15. The van der Waals surface area contributed by atoms with Crippen LogP contribution in [0.4, 0.5) is 13.9 Å². The van der Waals surface area contributed by atoms with Crippen LogP contribution in [0.1, 0.15) is 10.4 Å². The zero-order valence-electron chi connectivity index (χ0n) is 14.9. The molecule has 0 atom stereocenters. The highest BCUT2D eigenvalue weighted by atomic mass is 35.5. The Morgan fingerprint density at radius 3 is 2.57 bits per heavy atom. The second kappa shape index (κ2) is 7.52. The normalized spacial score (nSPS) is 14.6. The van der Waals surface area contributed by atoms with Crippen molar-refractivity contribution in [1.29, 1.82) is 0 Å². The van der Waals surface area contributed by atoms with E-state index in [1.165, 1.54) is 17.4 Å². The van der Waals surface area contributed by atoms with Gasteiger partial charge in [-0.1, -0.05) is 22.9 Å². The monoisotopic (exact) mass is 423 g/mol. The van der Waals surface area contributed by atoms with Gasteiger partial charge in [0, 0.05) is 31.7 Å². The molecule has 0 saturated carbocycles. The van der Waals surface area contributed by atoms with Crippen LogP contribution in [-0.2, 0) is 0 Å². The molecule has 146 valence electrons. The van der Waals surface area contributed by atoms with Gasteiger partial charge in [-0.2, -0.15) is 0 Å². The highest BCUT2D eigenvalue weighted by Gasteiger charge is 2.25. The van der Waals surface area contributed by atoms with Crippen LogP contribution in [0.15, 0.2) is 30.3 Å². The number of nitrogens with zero attached hydrogens (tertiary/aromatic N) is 3. The van der Waals surface area contributed by atoms with Crippen LogP contribution in [0.2, 0.25) is 5.02 Å². The zero-order chi connectivity index (χ0) is 19.8. The molecule has 9 heteroatoms. The van der Waals surface area contributed by atoms with Crippen molar-refractivity contribution in [1.82, 2.24) is 9.88 Å². The van der Waals surface area contributed by atoms with Crippen molar-refractivity contribution in [2.75, 3.05) is 38.2 Å². The summed E-state index contributed by atoms with van der Waals surface area (Å²) < 4.78 is 32.7. The maximum Gasteiger partial charge on any atom is 0.254 e. The minimum absolute atomic E-state index is 0.142. The average Bonchev–Trinajstić information content (AvgIpc) is 3.16. The van der Waals surface area contributed by atoms with Gasteiger partial charge in [0.05, 0.1) is 16.8 Å². The molecule has 0 radical (unpaired) electrons. The molecule has 1 aromatic heterocycles. The lowest BCUT2D eigenvalue weighted by atomic mass is 10.1. The van der Waals surface area contributed by atoms with Gasteiger partial charge in [-0.05, 0) is 30.3 Å². The number of hydrogen-bond acceptors (Lipinski definition) is 5. The van der Waals surface area contributed by atoms with Gasteiger partial charge in [0.2, 0.25) is 0 Å². The summed E-state index contributed by atoms with van der Waals surface area (Å²) in [5.41, 5.74) is 0.860. The number of piperazine rings is 1. The van der Waals surface area contributed by atoms with Gasteiger partial charge in [0.1, 0.15) is 11.3 Å². The highest BCUT2D eigenvalue weighted by molar-refractivity contribution is 7.22. The predicted octanol–water partition coefficient (Wildman–Crippen LogP) is 4.20. The van der Waals surface area contributed by atoms with Crippen LogP contribution in [0.3, 0.4) is 0 Å². The second-order valence-electron chi connectivity index (χ2n) is 6.33. The first kappa shape index (κ1) is 18.9. The topological polar surface area (TPSA) is 45.7 Å². The maximum absolute atomic E-state index is 13.4. The molecule has 0 aliphatic carbocycles. The van der Waals surface area contributed by atoms with E-state index in [9.17, 15) is 13.6 Å². The molecule has 0 spiro atoms. The van der Waals surface area contributed by atoms with E-state index < -0.39 is 11.6 Å². The van der Waals surface area contributed by atoms with Crippen LogP contribution in [0.25, 0.3) is 10.2 Å². The minimum atomic E-state index is -1.02. The summed E-state index contributed by atoms with van der Waals surface area (Å²) in [6.45, 7) is 2.07. The van der Waals surface area contributed by atoms with Crippen molar-refractivity contribution < 1.29 is 18.3 Å². The van der Waals surface area contributed by atoms with Crippen LogP contribution in [0, 0.1) is 11.6 Å². The summed E-state index contributed by atoms with van der Waals surface area (Å²) in [5, 5.41) is 1.42. The lowest BCUT2D eigenvalue weighted by molar-refractivity contribution is 0.0746. The van der Waals surface area contributed by atoms with E-state index in [4.69, 9.17) is 16.3 Å². The van der Waals surface area contributed by atoms with Gasteiger partial charge in [-0.15, -0.1) is 0 Å². The van der Waals surface area contributed by atoms with Gasteiger partial charge in [0.25, 0.3) is 5.91 Å². The largest absolute Gasteiger partial charge is 0.494 e.